The van der Waals surface area contributed by atoms with E-state index >= 15 is 0 Å². The van der Waals surface area contributed by atoms with E-state index in [0.717, 1.165) is 4.90 Å². The van der Waals surface area contributed by atoms with Gasteiger partial charge in [-0.1, -0.05) is 18.7 Å². The van der Waals surface area contributed by atoms with Crippen LogP contribution in [0.25, 0.3) is 0 Å². The minimum absolute atomic E-state index is 0.00650. The summed E-state index contributed by atoms with van der Waals surface area (Å²) < 4.78 is 10.6. The average molecular weight is 371 g/mol. The van der Waals surface area contributed by atoms with E-state index in [1.54, 1.807) is 0 Å². The van der Waals surface area contributed by atoms with Gasteiger partial charge in [0, 0.05) is 12.6 Å². The van der Waals surface area contributed by atoms with Crippen LogP contribution in [0.5, 0.6) is 5.75 Å². The van der Waals surface area contributed by atoms with E-state index in [2.05, 4.69) is 33.8 Å². The summed E-state index contributed by atoms with van der Waals surface area (Å²) in [5, 5.41) is 11.3. The normalized spacial score (nSPS) is 9.73. The smallest absolute Gasteiger partial charge is 0.414 e. The number of anilines is 1. The van der Waals surface area contributed by atoms with E-state index in [1.807, 2.05) is 0 Å². The van der Waals surface area contributed by atoms with Crippen LogP contribution in [0, 0.1) is 10.1 Å². The molecule has 0 radical (unpaired) electrons. The van der Waals surface area contributed by atoms with Crippen molar-refractivity contribution in [1.82, 2.24) is 0 Å². The fourth-order valence-corrected chi connectivity index (χ4v) is 2.15. The predicted octanol–water partition coefficient (Wildman–Crippen LogP) is 3.68. The van der Waals surface area contributed by atoms with E-state index in [0.29, 0.717) is 4.47 Å². The lowest BCUT2D eigenvalue weighted by Crippen LogP contribution is -2.32. The molecule has 0 fully saturated rings. The first-order chi connectivity index (χ1) is 10.5. The van der Waals surface area contributed by atoms with Crippen LogP contribution in [-0.4, -0.2) is 31.3 Å². The van der Waals surface area contributed by atoms with Crippen LogP contribution in [0.15, 0.2) is 41.9 Å². The van der Waals surface area contributed by atoms with E-state index in [9.17, 15) is 14.9 Å². The summed E-state index contributed by atoms with van der Waals surface area (Å²) in [5.74, 6) is 0.154. The highest BCUT2D eigenvalue weighted by atomic mass is 79.9. The van der Waals surface area contributed by atoms with Crippen LogP contribution in [0.4, 0.5) is 16.2 Å². The molecule has 0 aliphatic heterocycles. The Balaban J connectivity index is 3.58. The van der Waals surface area contributed by atoms with Crippen molar-refractivity contribution in [3.8, 4) is 5.75 Å². The summed E-state index contributed by atoms with van der Waals surface area (Å²) in [5.41, 5.74) is -0.289. The third-order valence-electron chi connectivity index (χ3n) is 2.58. The van der Waals surface area contributed by atoms with Gasteiger partial charge in [-0.05, 0) is 22.0 Å². The van der Waals surface area contributed by atoms with Gasteiger partial charge >= 0.3 is 6.09 Å². The lowest BCUT2D eigenvalue weighted by molar-refractivity contribution is -0.384. The average Bonchev–Trinajstić information content (AvgIpc) is 2.50. The maximum Gasteiger partial charge on any atom is 0.414 e. The standard InChI is InChI=1S/C14H15BrN2O5/c1-4-8-16(14(18)21-3)12-11(17(19)20)7-6-10(15)13(12)22-9-5-2/h4-7H,1-2,8-9H2,3H3. The molecule has 1 aromatic carbocycles. The number of methoxy groups -OCH3 is 1. The topological polar surface area (TPSA) is 81.9 Å². The molecule has 0 bridgehead atoms. The van der Waals surface area contributed by atoms with Gasteiger partial charge in [0.15, 0.2) is 11.4 Å². The van der Waals surface area contributed by atoms with Gasteiger partial charge in [0.1, 0.15) is 6.61 Å². The van der Waals surface area contributed by atoms with Crippen molar-refractivity contribution in [3.05, 3.63) is 52.0 Å². The minimum Gasteiger partial charge on any atom is -0.486 e. The lowest BCUT2D eigenvalue weighted by atomic mass is 10.2. The van der Waals surface area contributed by atoms with Crippen molar-refractivity contribution in [2.75, 3.05) is 25.2 Å². The van der Waals surface area contributed by atoms with Crippen molar-refractivity contribution in [3.63, 3.8) is 0 Å². The third kappa shape index (κ3) is 3.85. The number of benzene rings is 1. The van der Waals surface area contributed by atoms with Crippen molar-refractivity contribution in [2.45, 2.75) is 0 Å². The highest BCUT2D eigenvalue weighted by Crippen LogP contribution is 2.43. The molecule has 0 N–H and O–H groups in total. The summed E-state index contributed by atoms with van der Waals surface area (Å²) in [6.45, 7) is 7.22. The molecule has 8 heteroatoms. The number of halogens is 1. The van der Waals surface area contributed by atoms with Crippen molar-refractivity contribution in [2.24, 2.45) is 0 Å². The molecule has 22 heavy (non-hydrogen) atoms. The summed E-state index contributed by atoms with van der Waals surface area (Å²) >= 11 is 3.26. The molecule has 0 saturated heterocycles. The lowest BCUT2D eigenvalue weighted by Gasteiger charge is -2.22. The molecule has 0 aliphatic rings. The maximum atomic E-state index is 12.0. The number of hydrogen-bond acceptors (Lipinski definition) is 5. The zero-order valence-electron chi connectivity index (χ0n) is 12.0. The van der Waals surface area contributed by atoms with Crippen LogP contribution in [-0.2, 0) is 4.74 Å². The quantitative estimate of drug-likeness (QED) is 0.415. The fraction of sp³-hybridized carbons (Fsp3) is 0.214. The number of carbonyl (C=O) groups is 1. The number of nitro groups is 1. The number of rotatable bonds is 7. The predicted molar refractivity (Wildman–Crippen MR) is 86.4 cm³/mol. The second-order valence-electron chi connectivity index (χ2n) is 3.97. The van der Waals surface area contributed by atoms with Gasteiger partial charge in [0.2, 0.25) is 0 Å². The highest BCUT2D eigenvalue weighted by molar-refractivity contribution is 9.10. The Morgan fingerprint density at radius 2 is 2.14 bits per heavy atom. The molecule has 0 heterocycles. The first kappa shape index (κ1) is 17.7. The summed E-state index contributed by atoms with van der Waals surface area (Å²) in [6, 6.07) is 2.75. The highest BCUT2D eigenvalue weighted by Gasteiger charge is 2.30. The SMILES string of the molecule is C=CCOc1c(Br)ccc([N+](=O)[O-])c1N(CC=C)C(=O)OC. The van der Waals surface area contributed by atoms with Crippen LogP contribution < -0.4 is 9.64 Å². The Morgan fingerprint density at radius 3 is 2.64 bits per heavy atom. The Kier molecular flexibility index (Phi) is 6.58. The van der Waals surface area contributed by atoms with Crippen LogP contribution >= 0.6 is 15.9 Å². The minimum atomic E-state index is -0.760. The molecule has 1 rings (SSSR count). The van der Waals surface area contributed by atoms with Crippen LogP contribution in [0.2, 0.25) is 0 Å². The van der Waals surface area contributed by atoms with Crippen molar-refractivity contribution in [1.29, 1.82) is 0 Å². The molecule has 0 aromatic heterocycles. The number of nitro benzene ring substituents is 1. The molecular formula is C14H15BrN2O5. The summed E-state index contributed by atoms with van der Waals surface area (Å²) in [7, 11) is 1.19. The first-order valence-corrected chi connectivity index (χ1v) is 6.94. The first-order valence-electron chi connectivity index (χ1n) is 6.14. The number of carbonyl (C=O) groups excluding carboxylic acids is 1. The molecule has 0 aliphatic carbocycles. The molecule has 1 amide bonds. The third-order valence-corrected chi connectivity index (χ3v) is 3.21. The molecule has 7 nitrogen and oxygen atoms in total. The van der Waals surface area contributed by atoms with Gasteiger partial charge in [-0.2, -0.15) is 0 Å². The number of ether oxygens (including phenoxy) is 2. The fourth-order valence-electron chi connectivity index (χ4n) is 1.72. The van der Waals surface area contributed by atoms with E-state index in [4.69, 9.17) is 4.74 Å². The maximum absolute atomic E-state index is 12.0. The van der Waals surface area contributed by atoms with Crippen LogP contribution in [0.3, 0.4) is 0 Å². The zero-order chi connectivity index (χ0) is 16.7. The van der Waals surface area contributed by atoms with E-state index in [1.165, 1.54) is 31.4 Å². The largest absolute Gasteiger partial charge is 0.486 e. The molecule has 0 unspecified atom stereocenters. The Bertz CT molecular complexity index is 603. The van der Waals surface area contributed by atoms with Gasteiger partial charge in [-0.3, -0.25) is 15.0 Å². The summed E-state index contributed by atoms with van der Waals surface area (Å²) in [6.07, 6.45) is 2.16. The molecule has 1 aromatic rings. The Morgan fingerprint density at radius 1 is 1.45 bits per heavy atom. The number of hydrogen-bond donors (Lipinski definition) is 0. The second-order valence-corrected chi connectivity index (χ2v) is 4.82. The van der Waals surface area contributed by atoms with Gasteiger partial charge in [-0.15, -0.1) is 6.58 Å². The van der Waals surface area contributed by atoms with Gasteiger partial charge in [0.05, 0.1) is 16.5 Å². The zero-order valence-corrected chi connectivity index (χ0v) is 13.5. The monoisotopic (exact) mass is 370 g/mol. The van der Waals surface area contributed by atoms with Crippen molar-refractivity contribution >= 4 is 33.4 Å². The summed E-state index contributed by atoms with van der Waals surface area (Å²) in [4.78, 5) is 23.7. The van der Waals surface area contributed by atoms with Gasteiger partial charge in [0.25, 0.3) is 5.69 Å². The Hall–Kier alpha value is -2.35. The van der Waals surface area contributed by atoms with Crippen LogP contribution in [0.1, 0.15) is 0 Å². The van der Waals surface area contributed by atoms with E-state index < -0.39 is 11.0 Å². The second kappa shape index (κ2) is 8.18. The van der Waals surface area contributed by atoms with E-state index in [-0.39, 0.29) is 30.3 Å². The molecule has 0 spiro atoms. The molecule has 0 atom stereocenters. The number of nitrogens with zero attached hydrogens (tertiary/aromatic N) is 2. The number of amides is 1. The molecular weight excluding hydrogens is 356 g/mol. The Labute approximate surface area is 136 Å². The van der Waals surface area contributed by atoms with Gasteiger partial charge < -0.3 is 9.47 Å². The molecule has 0 saturated carbocycles. The molecule has 118 valence electrons. The van der Waals surface area contributed by atoms with Crippen molar-refractivity contribution < 1.29 is 19.2 Å². The van der Waals surface area contributed by atoms with Gasteiger partial charge in [-0.25, -0.2) is 4.79 Å².